The molecule has 7 nitrogen and oxygen atoms in total. The van der Waals surface area contributed by atoms with Crippen LogP contribution in [0.25, 0.3) is 0 Å². The number of piperidine rings is 1. The number of pyridine rings is 2. The number of hydrogen-bond acceptors (Lipinski definition) is 7. The van der Waals surface area contributed by atoms with E-state index in [0.717, 1.165) is 57.1 Å². The van der Waals surface area contributed by atoms with Crippen LogP contribution >= 0.6 is 11.6 Å². The highest BCUT2D eigenvalue weighted by Crippen LogP contribution is 2.29. The Kier molecular flexibility index (Phi) is 5.79. The second-order valence-corrected chi connectivity index (χ2v) is 7.56. The minimum atomic E-state index is -0.531. The van der Waals surface area contributed by atoms with Crippen LogP contribution in [0.5, 0.6) is 0 Å². The van der Waals surface area contributed by atoms with Crippen LogP contribution < -0.4 is 20.4 Å². The molecule has 2 aliphatic heterocycles. The van der Waals surface area contributed by atoms with E-state index in [1.54, 1.807) is 0 Å². The van der Waals surface area contributed by atoms with Crippen LogP contribution in [0.4, 0.5) is 27.5 Å². The first-order valence-corrected chi connectivity index (χ1v) is 9.95. The summed E-state index contributed by atoms with van der Waals surface area (Å²) in [6.07, 6.45) is 2.67. The van der Waals surface area contributed by atoms with Crippen LogP contribution in [0.3, 0.4) is 0 Å². The van der Waals surface area contributed by atoms with Gasteiger partial charge in [-0.3, -0.25) is 0 Å². The molecule has 0 aromatic carbocycles. The van der Waals surface area contributed by atoms with E-state index in [0.29, 0.717) is 18.2 Å². The number of aliphatic hydroxyl groups excluding tert-OH is 1. The van der Waals surface area contributed by atoms with Gasteiger partial charge in [0.2, 0.25) is 0 Å². The normalized spacial score (nSPS) is 20.3. The van der Waals surface area contributed by atoms with Gasteiger partial charge >= 0.3 is 0 Å². The van der Waals surface area contributed by atoms with Crippen LogP contribution in [0, 0.1) is 5.82 Å². The van der Waals surface area contributed by atoms with Crippen molar-refractivity contribution in [1.82, 2.24) is 15.3 Å². The molecule has 0 amide bonds. The number of nitrogens with one attached hydrogen (secondary N) is 2. The summed E-state index contributed by atoms with van der Waals surface area (Å²) in [5.41, 5.74) is 1.04. The topological polar surface area (TPSA) is 76.6 Å². The summed E-state index contributed by atoms with van der Waals surface area (Å²) < 4.78 is 13.8. The van der Waals surface area contributed by atoms with E-state index in [2.05, 4.69) is 31.5 Å². The lowest BCUT2D eigenvalue weighted by atomic mass is 10.1. The smallest absolute Gasteiger partial charge is 0.147 e. The lowest BCUT2D eigenvalue weighted by molar-refractivity contribution is 0.154. The first-order valence-electron chi connectivity index (χ1n) is 9.57. The number of rotatable bonds is 4. The third-order valence-corrected chi connectivity index (χ3v) is 5.34. The molecular weight excluding hydrogens is 383 g/mol. The first-order chi connectivity index (χ1) is 13.6. The number of hydrogen-bond donors (Lipinski definition) is 3. The molecule has 3 N–H and O–H groups in total. The molecule has 1 unspecified atom stereocenters. The Morgan fingerprint density at radius 1 is 1.14 bits per heavy atom. The highest BCUT2D eigenvalue weighted by atomic mass is 35.5. The summed E-state index contributed by atoms with van der Waals surface area (Å²) in [4.78, 5) is 13.2. The molecule has 4 heterocycles. The van der Waals surface area contributed by atoms with Gasteiger partial charge in [0.05, 0.1) is 17.3 Å². The van der Waals surface area contributed by atoms with Crippen molar-refractivity contribution in [1.29, 1.82) is 0 Å². The summed E-state index contributed by atoms with van der Waals surface area (Å²) in [5.74, 6) is 1.19. The maximum absolute atomic E-state index is 13.8. The highest BCUT2D eigenvalue weighted by molar-refractivity contribution is 6.30. The Hall–Kier alpha value is -2.16. The van der Waals surface area contributed by atoms with E-state index < -0.39 is 5.82 Å². The minimum Gasteiger partial charge on any atom is -0.391 e. The van der Waals surface area contributed by atoms with Crippen LogP contribution in [0.1, 0.15) is 12.8 Å². The molecule has 2 aromatic heterocycles. The van der Waals surface area contributed by atoms with Crippen LogP contribution in [0.15, 0.2) is 24.4 Å². The molecule has 9 heteroatoms. The molecule has 4 rings (SSSR count). The molecule has 2 aromatic rings. The lowest BCUT2D eigenvalue weighted by Crippen LogP contribution is -2.43. The predicted molar refractivity (Wildman–Crippen MR) is 109 cm³/mol. The van der Waals surface area contributed by atoms with Gasteiger partial charge in [0.15, 0.2) is 0 Å². The molecule has 0 aliphatic carbocycles. The summed E-state index contributed by atoms with van der Waals surface area (Å²) in [5, 5.41) is 16.5. The maximum Gasteiger partial charge on any atom is 0.147 e. The third kappa shape index (κ3) is 4.45. The lowest BCUT2D eigenvalue weighted by Gasteiger charge is -2.34. The molecular formula is C19H24ClFN6O. The summed E-state index contributed by atoms with van der Waals surface area (Å²) in [6, 6.07) is 5.26. The number of aromatic nitrogens is 2. The molecule has 0 radical (unpaired) electrons. The van der Waals surface area contributed by atoms with Crippen molar-refractivity contribution >= 4 is 34.7 Å². The Balaban J connectivity index is 1.65. The van der Waals surface area contributed by atoms with Crippen molar-refractivity contribution in [2.75, 3.05) is 54.4 Å². The Bertz CT molecular complexity index is 832. The molecule has 2 fully saturated rings. The van der Waals surface area contributed by atoms with Gasteiger partial charge in [-0.25, -0.2) is 14.4 Å². The average molecular weight is 407 g/mol. The SMILES string of the molecule is OC1CCCN(c2cc(N3CCNCC3)cc(Nc3cc(F)c(Cl)cn3)n2)C1. The van der Waals surface area contributed by atoms with E-state index >= 15 is 0 Å². The van der Waals surface area contributed by atoms with E-state index in [4.69, 9.17) is 16.6 Å². The predicted octanol–water partition coefficient (Wildman–Crippen LogP) is 2.38. The van der Waals surface area contributed by atoms with Crippen LogP contribution in [-0.4, -0.2) is 60.4 Å². The van der Waals surface area contributed by atoms with Crippen molar-refractivity contribution in [3.05, 3.63) is 35.2 Å². The second-order valence-electron chi connectivity index (χ2n) is 7.16. The zero-order valence-corrected chi connectivity index (χ0v) is 16.3. The van der Waals surface area contributed by atoms with Crippen molar-refractivity contribution < 1.29 is 9.50 Å². The number of β-amino-alcohol motifs (C(OH)–C–C–N with tert-alkyl or cyclic N) is 1. The van der Waals surface area contributed by atoms with E-state index in [1.165, 1.54) is 12.3 Å². The number of halogens is 2. The Morgan fingerprint density at radius 3 is 2.71 bits per heavy atom. The van der Waals surface area contributed by atoms with Crippen LogP contribution in [0.2, 0.25) is 5.02 Å². The molecule has 0 bridgehead atoms. The summed E-state index contributed by atoms with van der Waals surface area (Å²) in [6.45, 7) is 5.06. The first kappa shape index (κ1) is 19.2. The van der Waals surface area contributed by atoms with Gasteiger partial charge in [0.1, 0.15) is 23.3 Å². The largest absolute Gasteiger partial charge is 0.391 e. The maximum atomic E-state index is 13.8. The molecule has 0 spiro atoms. The van der Waals surface area contributed by atoms with Gasteiger partial charge in [-0.1, -0.05) is 11.6 Å². The van der Waals surface area contributed by atoms with Crippen LogP contribution in [-0.2, 0) is 0 Å². The molecule has 0 saturated carbocycles. The fraction of sp³-hybridized carbons (Fsp3) is 0.474. The van der Waals surface area contributed by atoms with E-state index in [9.17, 15) is 9.50 Å². The van der Waals surface area contributed by atoms with E-state index in [-0.39, 0.29) is 11.1 Å². The van der Waals surface area contributed by atoms with Crippen molar-refractivity contribution in [2.24, 2.45) is 0 Å². The number of piperazine rings is 1. The second kappa shape index (κ2) is 8.46. The van der Waals surface area contributed by atoms with Gasteiger partial charge in [0, 0.05) is 63.2 Å². The Morgan fingerprint density at radius 2 is 1.96 bits per heavy atom. The van der Waals surface area contributed by atoms with Gasteiger partial charge in [0.25, 0.3) is 0 Å². The minimum absolute atomic E-state index is 0.0175. The van der Waals surface area contributed by atoms with Gasteiger partial charge in [-0.2, -0.15) is 0 Å². The molecule has 2 aliphatic rings. The van der Waals surface area contributed by atoms with Crippen molar-refractivity contribution in [2.45, 2.75) is 18.9 Å². The van der Waals surface area contributed by atoms with Crippen molar-refractivity contribution in [3.8, 4) is 0 Å². The standard InChI is InChI=1S/C19H24ClFN6O/c20-15-11-23-17(10-16(15)21)24-18-8-13(26-6-3-22-4-7-26)9-19(25-18)27-5-1-2-14(28)12-27/h8-11,14,22,28H,1-7,12H2,(H,23,24,25). The van der Waals surface area contributed by atoms with Gasteiger partial charge in [-0.05, 0) is 12.8 Å². The van der Waals surface area contributed by atoms with Gasteiger partial charge in [-0.15, -0.1) is 0 Å². The van der Waals surface area contributed by atoms with Gasteiger partial charge < -0.3 is 25.5 Å². The Labute approximate surface area is 168 Å². The third-order valence-electron chi connectivity index (χ3n) is 5.06. The number of anilines is 4. The quantitative estimate of drug-likeness (QED) is 0.719. The highest BCUT2D eigenvalue weighted by Gasteiger charge is 2.21. The number of nitrogens with zero attached hydrogens (tertiary/aromatic N) is 4. The fourth-order valence-electron chi connectivity index (χ4n) is 3.61. The molecule has 1 atom stereocenters. The number of aliphatic hydroxyl groups is 1. The molecule has 28 heavy (non-hydrogen) atoms. The zero-order chi connectivity index (χ0) is 19.5. The van der Waals surface area contributed by atoms with E-state index in [1.807, 2.05) is 6.07 Å². The summed E-state index contributed by atoms with van der Waals surface area (Å²) in [7, 11) is 0. The zero-order valence-electron chi connectivity index (χ0n) is 15.5. The monoisotopic (exact) mass is 406 g/mol. The summed E-state index contributed by atoms with van der Waals surface area (Å²) >= 11 is 5.73. The fourth-order valence-corrected chi connectivity index (χ4v) is 3.71. The average Bonchev–Trinajstić information content (AvgIpc) is 2.71. The molecule has 150 valence electrons. The molecule has 2 saturated heterocycles. The van der Waals surface area contributed by atoms with Crippen molar-refractivity contribution in [3.63, 3.8) is 0 Å².